The summed E-state index contributed by atoms with van der Waals surface area (Å²) >= 11 is 0. The molecule has 2 heterocycles. The van der Waals surface area contributed by atoms with Crippen LogP contribution in [0.2, 0.25) is 0 Å². The topological polar surface area (TPSA) is 95.5 Å². The van der Waals surface area contributed by atoms with Crippen LogP contribution in [0.25, 0.3) is 11.3 Å². The molecule has 0 saturated heterocycles. The fraction of sp³-hybridized carbons (Fsp3) is 0.292. The minimum absolute atomic E-state index is 0.0678. The number of halogens is 4. The maximum Gasteiger partial charge on any atom is 0.490 e. The van der Waals surface area contributed by atoms with Gasteiger partial charge in [-0.3, -0.25) is 9.89 Å². The molecule has 1 aliphatic heterocycles. The number of carbonyl (C=O) groups is 2. The van der Waals surface area contributed by atoms with E-state index in [2.05, 4.69) is 16.3 Å². The minimum Gasteiger partial charge on any atom is -0.475 e. The van der Waals surface area contributed by atoms with Crippen molar-refractivity contribution in [3.8, 4) is 11.3 Å². The van der Waals surface area contributed by atoms with Crippen LogP contribution < -0.4 is 0 Å². The number of ether oxygens (including phenoxy) is 1. The smallest absolute Gasteiger partial charge is 0.475 e. The molecule has 11 heteroatoms. The van der Waals surface area contributed by atoms with Gasteiger partial charge in [0.2, 0.25) is 0 Å². The van der Waals surface area contributed by atoms with Crippen LogP contribution >= 0.6 is 0 Å². The highest BCUT2D eigenvalue weighted by atomic mass is 19.4. The molecule has 35 heavy (non-hydrogen) atoms. The Labute approximate surface area is 198 Å². The third-order valence-corrected chi connectivity index (χ3v) is 5.35. The van der Waals surface area contributed by atoms with Gasteiger partial charge in [0.05, 0.1) is 12.3 Å². The molecule has 0 aliphatic carbocycles. The lowest BCUT2D eigenvalue weighted by Gasteiger charge is -2.20. The number of aromatic amines is 1. The number of hydrogen-bond acceptors (Lipinski definition) is 4. The molecule has 186 valence electrons. The van der Waals surface area contributed by atoms with Gasteiger partial charge in [0.1, 0.15) is 5.82 Å². The Morgan fingerprint density at radius 3 is 2.40 bits per heavy atom. The molecule has 1 amide bonds. The van der Waals surface area contributed by atoms with Gasteiger partial charge in [0, 0.05) is 49.0 Å². The molecule has 3 aromatic rings. The van der Waals surface area contributed by atoms with E-state index in [1.54, 1.807) is 7.11 Å². The van der Waals surface area contributed by atoms with Crippen molar-refractivity contribution in [3.05, 3.63) is 76.7 Å². The summed E-state index contributed by atoms with van der Waals surface area (Å²) in [4.78, 5) is 23.5. The molecule has 0 radical (unpaired) electrons. The van der Waals surface area contributed by atoms with Crippen LogP contribution in [0.15, 0.2) is 48.5 Å². The third kappa shape index (κ3) is 6.66. The first kappa shape index (κ1) is 25.9. The molecule has 0 spiro atoms. The van der Waals surface area contributed by atoms with Crippen molar-refractivity contribution in [2.45, 2.75) is 25.6 Å². The van der Waals surface area contributed by atoms with E-state index in [-0.39, 0.29) is 11.7 Å². The van der Waals surface area contributed by atoms with Gasteiger partial charge < -0.3 is 14.7 Å². The number of alkyl halides is 3. The second-order valence-electron chi connectivity index (χ2n) is 7.76. The fourth-order valence-corrected chi connectivity index (χ4v) is 3.67. The number of aliphatic carboxylic acids is 1. The van der Waals surface area contributed by atoms with Crippen LogP contribution in [0, 0.1) is 5.82 Å². The number of methoxy groups -OCH3 is 1. The number of benzene rings is 2. The van der Waals surface area contributed by atoms with Gasteiger partial charge in [-0.15, -0.1) is 0 Å². The van der Waals surface area contributed by atoms with Crippen LogP contribution in [-0.2, 0) is 29.0 Å². The van der Waals surface area contributed by atoms with Crippen molar-refractivity contribution in [2.75, 3.05) is 20.2 Å². The summed E-state index contributed by atoms with van der Waals surface area (Å²) in [5.41, 5.74) is 5.82. The van der Waals surface area contributed by atoms with Crippen molar-refractivity contribution >= 4 is 11.9 Å². The molecular weight excluding hydrogens is 470 g/mol. The number of aromatic nitrogens is 2. The van der Waals surface area contributed by atoms with E-state index < -0.39 is 12.1 Å². The highest BCUT2D eigenvalue weighted by Crippen LogP contribution is 2.28. The predicted octanol–water partition coefficient (Wildman–Crippen LogP) is 4.24. The number of carboxylic acids is 1. The van der Waals surface area contributed by atoms with Gasteiger partial charge in [0.15, 0.2) is 0 Å². The van der Waals surface area contributed by atoms with Crippen molar-refractivity contribution < 1.29 is 37.0 Å². The predicted molar refractivity (Wildman–Crippen MR) is 118 cm³/mol. The Bertz CT molecular complexity index is 1180. The SMILES string of the molecule is COCc1cccc(-c2n[nH]c3c2CCN(C(=O)c2ccc(F)cc2)CC3)c1.O=C(O)C(F)(F)F. The van der Waals surface area contributed by atoms with Crippen molar-refractivity contribution in [1.29, 1.82) is 0 Å². The zero-order chi connectivity index (χ0) is 25.6. The van der Waals surface area contributed by atoms with Crippen LogP contribution in [0.5, 0.6) is 0 Å². The Morgan fingerprint density at radius 1 is 1.11 bits per heavy atom. The number of H-pyrrole nitrogens is 1. The van der Waals surface area contributed by atoms with E-state index in [4.69, 9.17) is 14.6 Å². The number of nitrogens with one attached hydrogen (secondary N) is 1. The van der Waals surface area contributed by atoms with E-state index in [0.717, 1.165) is 34.5 Å². The first-order valence-electron chi connectivity index (χ1n) is 10.6. The zero-order valence-electron chi connectivity index (χ0n) is 18.7. The standard InChI is InChI=1S/C22H22FN3O2.C2HF3O2/c1-28-14-15-3-2-4-17(13-15)21-19-9-11-26(12-10-20(19)24-25-21)22(27)16-5-7-18(23)8-6-16;3-2(4,5)1(6)7/h2-8,13H,9-12,14H2,1H3,(H,24,25);(H,6,7). The lowest BCUT2D eigenvalue weighted by atomic mass is 10.0. The third-order valence-electron chi connectivity index (χ3n) is 5.35. The molecule has 2 N–H and O–H groups in total. The fourth-order valence-electron chi connectivity index (χ4n) is 3.67. The van der Waals surface area contributed by atoms with E-state index in [1.165, 1.54) is 24.3 Å². The van der Waals surface area contributed by atoms with Gasteiger partial charge in [0.25, 0.3) is 5.91 Å². The summed E-state index contributed by atoms with van der Waals surface area (Å²) in [6, 6.07) is 13.9. The zero-order valence-corrected chi connectivity index (χ0v) is 18.7. The first-order chi connectivity index (χ1) is 16.6. The van der Waals surface area contributed by atoms with Crippen molar-refractivity contribution in [3.63, 3.8) is 0 Å². The largest absolute Gasteiger partial charge is 0.490 e. The second kappa shape index (κ2) is 11.1. The molecule has 4 rings (SSSR count). The molecule has 7 nitrogen and oxygen atoms in total. The molecule has 0 atom stereocenters. The molecule has 0 fully saturated rings. The number of fused-ring (bicyclic) bond motifs is 1. The van der Waals surface area contributed by atoms with Crippen molar-refractivity contribution in [1.82, 2.24) is 15.1 Å². The molecule has 1 aromatic heterocycles. The van der Waals surface area contributed by atoms with E-state index in [9.17, 15) is 22.4 Å². The Balaban J connectivity index is 0.000000429. The normalized spacial score (nSPS) is 13.3. The van der Waals surface area contributed by atoms with Gasteiger partial charge in [-0.2, -0.15) is 18.3 Å². The highest BCUT2D eigenvalue weighted by molar-refractivity contribution is 5.94. The molecule has 0 saturated carbocycles. The monoisotopic (exact) mass is 493 g/mol. The van der Waals surface area contributed by atoms with Crippen molar-refractivity contribution in [2.24, 2.45) is 0 Å². The lowest BCUT2D eigenvalue weighted by molar-refractivity contribution is -0.192. The maximum absolute atomic E-state index is 13.1. The maximum atomic E-state index is 13.1. The number of carbonyl (C=O) groups excluding carboxylic acids is 1. The van der Waals surface area contributed by atoms with Gasteiger partial charge in [-0.05, 0) is 42.3 Å². The quantitative estimate of drug-likeness (QED) is 0.531. The summed E-state index contributed by atoms with van der Waals surface area (Å²) in [7, 11) is 1.68. The molecule has 0 bridgehead atoms. The average Bonchev–Trinajstić information content (AvgIpc) is 3.10. The first-order valence-corrected chi connectivity index (χ1v) is 10.6. The van der Waals surface area contributed by atoms with Crippen LogP contribution in [0.4, 0.5) is 17.6 Å². The Morgan fingerprint density at radius 2 is 1.77 bits per heavy atom. The van der Waals surface area contributed by atoms with Crippen LogP contribution in [0.3, 0.4) is 0 Å². The lowest BCUT2D eigenvalue weighted by Crippen LogP contribution is -2.33. The molecule has 2 aromatic carbocycles. The summed E-state index contributed by atoms with van der Waals surface area (Å²) < 4.78 is 50.1. The van der Waals surface area contributed by atoms with E-state index in [1.807, 2.05) is 23.1 Å². The number of nitrogens with zero attached hydrogens (tertiary/aromatic N) is 2. The number of rotatable bonds is 4. The van der Waals surface area contributed by atoms with E-state index >= 15 is 0 Å². The van der Waals surface area contributed by atoms with Crippen LogP contribution in [0.1, 0.15) is 27.2 Å². The van der Waals surface area contributed by atoms with E-state index in [0.29, 0.717) is 31.7 Å². The number of hydrogen-bond donors (Lipinski definition) is 2. The minimum atomic E-state index is -5.08. The average molecular weight is 493 g/mol. The number of amides is 1. The number of carboxylic acid groups (broad SMARTS) is 1. The molecular formula is C24H23F4N3O4. The summed E-state index contributed by atoms with van der Waals surface area (Å²) in [6.07, 6.45) is -3.64. The summed E-state index contributed by atoms with van der Waals surface area (Å²) in [6.45, 7) is 1.77. The molecule has 0 unspecified atom stereocenters. The second-order valence-corrected chi connectivity index (χ2v) is 7.76. The highest BCUT2D eigenvalue weighted by Gasteiger charge is 2.38. The molecule has 1 aliphatic rings. The summed E-state index contributed by atoms with van der Waals surface area (Å²) in [5.74, 6) is -3.16. The Kier molecular flexibility index (Phi) is 8.23. The van der Waals surface area contributed by atoms with Gasteiger partial charge in [-0.1, -0.05) is 18.2 Å². The summed E-state index contributed by atoms with van der Waals surface area (Å²) in [5, 5.41) is 14.8. The van der Waals surface area contributed by atoms with Gasteiger partial charge >= 0.3 is 12.1 Å². The Hall–Kier alpha value is -3.73. The van der Waals surface area contributed by atoms with Crippen LogP contribution in [-0.4, -0.2) is 58.5 Å². The van der Waals surface area contributed by atoms with Gasteiger partial charge in [-0.25, -0.2) is 9.18 Å².